The number of hydrogen-bond donors (Lipinski definition) is 2. The minimum atomic E-state index is -3.75. The molecule has 2 fully saturated rings. The topological polar surface area (TPSA) is 126 Å². The molecule has 0 amide bonds. The Labute approximate surface area is 193 Å². The fourth-order valence-corrected chi connectivity index (χ4v) is 5.97. The van der Waals surface area contributed by atoms with E-state index >= 15 is 0 Å². The van der Waals surface area contributed by atoms with E-state index in [1.54, 1.807) is 19.1 Å². The lowest BCUT2D eigenvalue weighted by atomic mass is 10.1. The number of aromatic nitrogens is 4. The van der Waals surface area contributed by atoms with E-state index in [-0.39, 0.29) is 22.5 Å². The number of benzene rings is 1. The van der Waals surface area contributed by atoms with Gasteiger partial charge in [0.05, 0.1) is 16.1 Å². The average molecular weight is 472 g/mol. The quantitative estimate of drug-likeness (QED) is 0.576. The molecule has 176 valence electrons. The fraction of sp³-hybridized carbons (Fsp3) is 0.545. The minimum Gasteiger partial charge on any atom is -0.367 e. The molecule has 0 unspecified atom stereocenters. The summed E-state index contributed by atoms with van der Waals surface area (Å²) in [5, 5.41) is 8.15. The molecule has 2 aliphatic rings. The monoisotopic (exact) mass is 471 g/mol. The van der Waals surface area contributed by atoms with E-state index in [1.165, 1.54) is 0 Å². The highest BCUT2D eigenvalue weighted by Gasteiger charge is 2.41. The van der Waals surface area contributed by atoms with Crippen LogP contribution in [0.4, 0.5) is 5.69 Å². The highest BCUT2D eigenvalue weighted by Crippen LogP contribution is 2.38. The van der Waals surface area contributed by atoms with E-state index in [4.69, 9.17) is 9.51 Å². The maximum absolute atomic E-state index is 13.4. The van der Waals surface area contributed by atoms with Gasteiger partial charge in [-0.15, -0.1) is 0 Å². The molecular weight excluding hydrogens is 442 g/mol. The summed E-state index contributed by atoms with van der Waals surface area (Å²) >= 11 is 0. The molecule has 33 heavy (non-hydrogen) atoms. The molecule has 3 aromatic rings. The molecule has 11 heteroatoms. The molecule has 1 saturated carbocycles. The lowest BCUT2D eigenvalue weighted by Gasteiger charge is -2.38. The molecule has 0 spiro atoms. The Morgan fingerprint density at radius 3 is 2.42 bits per heavy atom. The lowest BCUT2D eigenvalue weighted by Crippen LogP contribution is -2.54. The molecule has 10 nitrogen and oxygen atoms in total. The van der Waals surface area contributed by atoms with Crippen molar-refractivity contribution < 1.29 is 12.9 Å². The van der Waals surface area contributed by atoms with Crippen molar-refractivity contribution in [3.8, 4) is 11.5 Å². The third-order valence-electron chi connectivity index (χ3n) is 6.19. The molecule has 2 atom stereocenters. The van der Waals surface area contributed by atoms with E-state index in [0.29, 0.717) is 34.1 Å². The molecule has 1 saturated heterocycles. The first-order valence-corrected chi connectivity index (χ1v) is 12.7. The molecular formula is C22H29N7O3S. The van der Waals surface area contributed by atoms with Crippen LogP contribution < -0.4 is 14.9 Å². The van der Waals surface area contributed by atoms with E-state index in [2.05, 4.69) is 43.9 Å². The summed E-state index contributed by atoms with van der Waals surface area (Å²) in [5.41, 5.74) is 1.52. The summed E-state index contributed by atoms with van der Waals surface area (Å²) in [6.07, 6.45) is 1.66. The van der Waals surface area contributed by atoms with Gasteiger partial charge in [-0.05, 0) is 52.7 Å². The number of aryl methyl sites for hydroxylation is 2. The standard InChI is InChI=1S/C22H29N7O3S/c1-12-10-29(11-13(2)23-12)18-9-16(33(30,31)28-22(5)6-7-22)8-17-19(18)24-14(3)25-20(17)21-26-15(4)32-27-21/h8-9,12-13,23,28H,6-7,10-11H2,1-5H3/t12-,13-/m0/s1. The summed E-state index contributed by atoms with van der Waals surface area (Å²) in [7, 11) is -3.75. The number of nitrogens with zero attached hydrogens (tertiary/aromatic N) is 5. The van der Waals surface area contributed by atoms with E-state index < -0.39 is 10.0 Å². The van der Waals surface area contributed by atoms with Gasteiger partial charge in [-0.25, -0.2) is 23.1 Å². The first-order valence-electron chi connectivity index (χ1n) is 11.2. The van der Waals surface area contributed by atoms with Crippen molar-refractivity contribution in [3.05, 3.63) is 23.8 Å². The molecule has 0 radical (unpaired) electrons. The first-order chi connectivity index (χ1) is 15.5. The van der Waals surface area contributed by atoms with Gasteiger partial charge in [0.2, 0.25) is 21.7 Å². The number of piperazine rings is 1. The number of rotatable bonds is 5. The SMILES string of the molecule is Cc1nc(-c2noc(C)n2)c2cc(S(=O)(=O)NC3(C)CC3)cc(N3C[C@H](C)N[C@@H](C)C3)c2n1. The highest BCUT2D eigenvalue weighted by atomic mass is 32.2. The molecule has 1 aliphatic carbocycles. The van der Waals surface area contributed by atoms with Gasteiger partial charge in [0.25, 0.3) is 0 Å². The van der Waals surface area contributed by atoms with E-state index in [1.807, 2.05) is 13.8 Å². The van der Waals surface area contributed by atoms with Gasteiger partial charge in [-0.1, -0.05) is 5.16 Å². The van der Waals surface area contributed by atoms with Crippen LogP contribution in [-0.4, -0.2) is 59.2 Å². The van der Waals surface area contributed by atoms with Crippen LogP contribution >= 0.6 is 0 Å². The van der Waals surface area contributed by atoms with E-state index in [9.17, 15) is 8.42 Å². The second-order valence-corrected chi connectivity index (χ2v) is 11.3. The number of fused-ring (bicyclic) bond motifs is 1. The molecule has 1 aliphatic heterocycles. The second-order valence-electron chi connectivity index (χ2n) is 9.63. The van der Waals surface area contributed by atoms with Crippen LogP contribution in [0.5, 0.6) is 0 Å². The van der Waals surface area contributed by atoms with Gasteiger partial charge >= 0.3 is 0 Å². The van der Waals surface area contributed by atoms with Crippen molar-refractivity contribution in [1.82, 2.24) is 30.1 Å². The molecule has 2 aromatic heterocycles. The number of nitrogens with one attached hydrogen (secondary N) is 2. The Hall–Kier alpha value is -2.63. The van der Waals surface area contributed by atoms with Crippen LogP contribution in [0.1, 0.15) is 45.3 Å². The predicted molar refractivity (Wildman–Crippen MR) is 125 cm³/mol. The van der Waals surface area contributed by atoms with Gasteiger partial charge in [0, 0.05) is 43.0 Å². The zero-order valence-electron chi connectivity index (χ0n) is 19.5. The Morgan fingerprint density at radius 2 is 1.82 bits per heavy atom. The normalized spacial score (nSPS) is 22.6. The van der Waals surface area contributed by atoms with Crippen LogP contribution in [0.15, 0.2) is 21.6 Å². The number of anilines is 1. The maximum atomic E-state index is 13.4. The smallest absolute Gasteiger partial charge is 0.241 e. The zero-order valence-corrected chi connectivity index (χ0v) is 20.3. The van der Waals surface area contributed by atoms with Crippen molar-refractivity contribution in [2.75, 3.05) is 18.0 Å². The van der Waals surface area contributed by atoms with Crippen molar-refractivity contribution in [1.29, 1.82) is 0 Å². The minimum absolute atomic E-state index is 0.186. The van der Waals surface area contributed by atoms with Crippen LogP contribution in [-0.2, 0) is 10.0 Å². The second kappa shape index (κ2) is 7.71. The van der Waals surface area contributed by atoms with Gasteiger partial charge in [0.15, 0.2) is 0 Å². The summed E-state index contributed by atoms with van der Waals surface area (Å²) in [5.74, 6) is 1.27. The summed E-state index contributed by atoms with van der Waals surface area (Å²) in [6.45, 7) is 11.1. The number of sulfonamides is 1. The highest BCUT2D eigenvalue weighted by molar-refractivity contribution is 7.89. The molecule has 2 N–H and O–H groups in total. The third-order valence-corrected chi connectivity index (χ3v) is 7.81. The van der Waals surface area contributed by atoms with Crippen molar-refractivity contribution in [2.45, 2.75) is 70.0 Å². The Bertz CT molecular complexity index is 1320. The molecule has 0 bridgehead atoms. The molecule has 3 heterocycles. The van der Waals surface area contributed by atoms with Gasteiger partial charge in [0.1, 0.15) is 11.5 Å². The third kappa shape index (κ3) is 4.32. The zero-order chi connectivity index (χ0) is 23.5. The molecule has 5 rings (SSSR count). The summed E-state index contributed by atoms with van der Waals surface area (Å²) < 4.78 is 34.8. The van der Waals surface area contributed by atoms with E-state index in [0.717, 1.165) is 31.6 Å². The van der Waals surface area contributed by atoms with Crippen LogP contribution in [0.25, 0.3) is 22.4 Å². The van der Waals surface area contributed by atoms with Crippen LogP contribution in [0, 0.1) is 13.8 Å². The summed E-state index contributed by atoms with van der Waals surface area (Å²) in [4.78, 5) is 16.0. The van der Waals surface area contributed by atoms with Crippen LogP contribution in [0.2, 0.25) is 0 Å². The van der Waals surface area contributed by atoms with Crippen LogP contribution in [0.3, 0.4) is 0 Å². The maximum Gasteiger partial charge on any atom is 0.241 e. The first kappa shape index (κ1) is 22.2. The van der Waals surface area contributed by atoms with Crippen molar-refractivity contribution >= 4 is 26.6 Å². The Morgan fingerprint density at radius 1 is 1.12 bits per heavy atom. The van der Waals surface area contributed by atoms with Gasteiger partial charge in [-0.3, -0.25) is 0 Å². The number of hydrogen-bond acceptors (Lipinski definition) is 9. The largest absolute Gasteiger partial charge is 0.367 e. The van der Waals surface area contributed by atoms with Crippen molar-refractivity contribution in [2.24, 2.45) is 0 Å². The Balaban J connectivity index is 1.75. The average Bonchev–Trinajstić information content (AvgIpc) is 3.27. The molecule has 1 aromatic carbocycles. The van der Waals surface area contributed by atoms with Gasteiger partial charge < -0.3 is 14.7 Å². The summed E-state index contributed by atoms with van der Waals surface area (Å²) in [6, 6.07) is 3.85. The van der Waals surface area contributed by atoms with Crippen molar-refractivity contribution in [3.63, 3.8) is 0 Å². The predicted octanol–water partition coefficient (Wildman–Crippen LogP) is 2.31. The lowest BCUT2D eigenvalue weighted by molar-refractivity contribution is 0.394. The van der Waals surface area contributed by atoms with Gasteiger partial charge in [-0.2, -0.15) is 4.98 Å². The fourth-order valence-electron chi connectivity index (χ4n) is 4.46. The Kier molecular flexibility index (Phi) is 5.18.